The Morgan fingerprint density at radius 1 is 1.09 bits per heavy atom. The number of para-hydroxylation sites is 2. The second kappa shape index (κ2) is 9.85. The number of benzene rings is 1. The summed E-state index contributed by atoms with van der Waals surface area (Å²) >= 11 is 0. The van der Waals surface area contributed by atoms with Gasteiger partial charge in [-0.15, -0.1) is 0 Å². The van der Waals surface area contributed by atoms with Crippen molar-refractivity contribution < 1.29 is 14.3 Å². The quantitative estimate of drug-likeness (QED) is 0.694. The van der Waals surface area contributed by atoms with Gasteiger partial charge >= 0.3 is 0 Å². The summed E-state index contributed by atoms with van der Waals surface area (Å²) in [5, 5.41) is 2.83. The van der Waals surface area contributed by atoms with Gasteiger partial charge in [0, 0.05) is 30.6 Å². The molecule has 0 spiro atoms. The van der Waals surface area contributed by atoms with E-state index in [1.165, 1.54) is 0 Å². The summed E-state index contributed by atoms with van der Waals surface area (Å²) in [6, 6.07) is 10.8. The van der Waals surface area contributed by atoms with Crippen molar-refractivity contribution in [2.75, 3.05) is 31.2 Å². The van der Waals surface area contributed by atoms with Gasteiger partial charge in [-0.2, -0.15) is 0 Å². The van der Waals surface area contributed by atoms with Crippen molar-refractivity contribution in [2.24, 2.45) is 5.92 Å². The molecule has 1 saturated heterocycles. The predicted octanol–water partition coefficient (Wildman–Crippen LogP) is 3.99. The number of amides is 2. The molecule has 2 heterocycles. The minimum atomic E-state index is -0.326. The van der Waals surface area contributed by atoms with Crippen LogP contribution in [-0.2, 0) is 4.79 Å². The number of anilines is 2. The molecule has 3 N–H and O–H groups in total. The number of methoxy groups -OCH3 is 1. The van der Waals surface area contributed by atoms with Crippen molar-refractivity contribution in [3.8, 4) is 5.75 Å². The van der Waals surface area contributed by atoms with E-state index in [1.807, 2.05) is 23.1 Å². The van der Waals surface area contributed by atoms with E-state index in [0.717, 1.165) is 50.9 Å². The summed E-state index contributed by atoms with van der Waals surface area (Å²) in [4.78, 5) is 32.0. The molecule has 168 valence electrons. The summed E-state index contributed by atoms with van der Waals surface area (Å²) in [5.74, 6) is 1.11. The first-order valence-corrected chi connectivity index (χ1v) is 11.2. The number of nitrogen functional groups attached to an aromatic ring is 1. The molecule has 1 fully saturated rings. The minimum absolute atomic E-state index is 0.131. The number of hydrogen-bond donors (Lipinski definition) is 2. The first-order valence-electron chi connectivity index (χ1n) is 11.2. The first kappa shape index (κ1) is 21.9. The molecule has 2 aliphatic rings. The van der Waals surface area contributed by atoms with E-state index in [9.17, 15) is 9.59 Å². The van der Waals surface area contributed by atoms with Gasteiger partial charge in [0.05, 0.1) is 18.4 Å². The Kier molecular flexibility index (Phi) is 6.73. The second-order valence-electron chi connectivity index (χ2n) is 8.40. The number of likely N-dealkylation sites (tertiary alicyclic amines) is 1. The number of carbonyl (C=O) groups is 2. The number of allylic oxidation sites excluding steroid dienone is 2. The molecule has 2 amide bonds. The molecule has 7 nitrogen and oxygen atoms in total. The molecule has 0 saturated carbocycles. The Labute approximate surface area is 188 Å². The van der Waals surface area contributed by atoms with Crippen molar-refractivity contribution in [3.63, 3.8) is 0 Å². The normalized spacial score (nSPS) is 18.9. The molecule has 1 unspecified atom stereocenters. The van der Waals surface area contributed by atoms with Crippen LogP contribution < -0.4 is 15.8 Å². The van der Waals surface area contributed by atoms with Gasteiger partial charge in [-0.3, -0.25) is 9.59 Å². The highest BCUT2D eigenvalue weighted by Gasteiger charge is 2.29. The summed E-state index contributed by atoms with van der Waals surface area (Å²) in [6.45, 7) is 1.47. The van der Waals surface area contributed by atoms with E-state index in [2.05, 4.69) is 22.5 Å². The van der Waals surface area contributed by atoms with Crippen LogP contribution in [0.15, 0.2) is 48.6 Å². The van der Waals surface area contributed by atoms with Gasteiger partial charge in [-0.05, 0) is 56.4 Å². The number of nitrogens with one attached hydrogen (secondary N) is 1. The lowest BCUT2D eigenvalue weighted by Crippen LogP contribution is -2.41. The number of nitrogens with zero attached hydrogens (tertiary/aromatic N) is 2. The van der Waals surface area contributed by atoms with E-state index in [-0.39, 0.29) is 29.5 Å². The fraction of sp³-hybridized carbons (Fsp3) is 0.400. The average molecular weight is 435 g/mol. The zero-order valence-corrected chi connectivity index (χ0v) is 18.4. The first-order chi connectivity index (χ1) is 15.6. The number of pyridine rings is 1. The lowest BCUT2D eigenvalue weighted by atomic mass is 9.89. The van der Waals surface area contributed by atoms with Gasteiger partial charge in [0.2, 0.25) is 5.91 Å². The van der Waals surface area contributed by atoms with Crippen LogP contribution in [0.2, 0.25) is 0 Å². The van der Waals surface area contributed by atoms with Crippen molar-refractivity contribution >= 4 is 23.3 Å². The van der Waals surface area contributed by atoms with Gasteiger partial charge in [0.1, 0.15) is 11.6 Å². The molecule has 1 aliphatic carbocycles. The number of hydrogen-bond acceptors (Lipinski definition) is 5. The molecule has 2 aromatic rings. The van der Waals surface area contributed by atoms with Crippen LogP contribution in [0.4, 0.5) is 11.5 Å². The Balaban J connectivity index is 1.38. The van der Waals surface area contributed by atoms with Crippen LogP contribution in [0.25, 0.3) is 0 Å². The standard InChI is InChI=1S/C25H30N4O3/c1-32-22-10-6-5-9-21(22)28-24(30)19-11-12-20(27-23(19)26)17-13-15-29(16-14-17)25(31)18-7-3-2-4-8-18/h2-3,5-6,9-12,17-18H,4,7-8,13-16H2,1H3,(H2,26,27)(H,28,30). The van der Waals surface area contributed by atoms with E-state index in [0.29, 0.717) is 17.0 Å². The van der Waals surface area contributed by atoms with Gasteiger partial charge in [0.25, 0.3) is 5.91 Å². The number of piperidine rings is 1. The fourth-order valence-corrected chi connectivity index (χ4v) is 4.52. The third-order valence-electron chi connectivity index (χ3n) is 6.39. The van der Waals surface area contributed by atoms with Crippen molar-refractivity contribution in [2.45, 2.75) is 38.0 Å². The zero-order valence-electron chi connectivity index (χ0n) is 18.4. The maximum atomic E-state index is 12.8. The SMILES string of the molecule is COc1ccccc1NC(=O)c1ccc(C2CCN(C(=O)C3CC=CCC3)CC2)nc1N. The molecule has 1 atom stereocenters. The summed E-state index contributed by atoms with van der Waals surface area (Å²) < 4.78 is 5.28. The third kappa shape index (κ3) is 4.77. The third-order valence-corrected chi connectivity index (χ3v) is 6.39. The molecule has 0 radical (unpaired) electrons. The van der Waals surface area contributed by atoms with Crippen molar-refractivity contribution in [1.82, 2.24) is 9.88 Å². The van der Waals surface area contributed by atoms with Crippen LogP contribution in [0.3, 0.4) is 0 Å². The van der Waals surface area contributed by atoms with E-state index in [1.54, 1.807) is 25.3 Å². The van der Waals surface area contributed by atoms with Gasteiger partial charge in [-0.25, -0.2) is 4.98 Å². The number of ether oxygens (including phenoxy) is 1. The van der Waals surface area contributed by atoms with E-state index >= 15 is 0 Å². The molecule has 0 bridgehead atoms. The predicted molar refractivity (Wildman–Crippen MR) is 125 cm³/mol. The highest BCUT2D eigenvalue weighted by atomic mass is 16.5. The van der Waals surface area contributed by atoms with E-state index in [4.69, 9.17) is 10.5 Å². The monoisotopic (exact) mass is 434 g/mol. The molecule has 1 aromatic heterocycles. The van der Waals surface area contributed by atoms with Crippen LogP contribution in [-0.4, -0.2) is 41.9 Å². The zero-order chi connectivity index (χ0) is 22.5. The Morgan fingerprint density at radius 2 is 1.88 bits per heavy atom. The molecular weight excluding hydrogens is 404 g/mol. The molecule has 1 aliphatic heterocycles. The maximum Gasteiger partial charge on any atom is 0.259 e. The highest BCUT2D eigenvalue weighted by Crippen LogP contribution is 2.31. The van der Waals surface area contributed by atoms with Crippen molar-refractivity contribution in [3.05, 3.63) is 59.8 Å². The Hall–Kier alpha value is -3.35. The van der Waals surface area contributed by atoms with Crippen LogP contribution in [0.5, 0.6) is 5.75 Å². The molecule has 32 heavy (non-hydrogen) atoms. The molecule has 4 rings (SSSR count). The minimum Gasteiger partial charge on any atom is -0.495 e. The van der Waals surface area contributed by atoms with Crippen LogP contribution in [0, 0.1) is 5.92 Å². The maximum absolute atomic E-state index is 12.8. The molecule has 7 heteroatoms. The average Bonchev–Trinajstić information content (AvgIpc) is 2.84. The topological polar surface area (TPSA) is 97.5 Å². The summed E-state index contributed by atoms with van der Waals surface area (Å²) in [6.07, 6.45) is 8.79. The second-order valence-corrected chi connectivity index (χ2v) is 8.40. The lowest BCUT2D eigenvalue weighted by molar-refractivity contribution is -0.136. The summed E-state index contributed by atoms with van der Waals surface area (Å²) in [7, 11) is 1.56. The number of rotatable bonds is 5. The van der Waals surface area contributed by atoms with Crippen molar-refractivity contribution in [1.29, 1.82) is 0 Å². The van der Waals surface area contributed by atoms with Gasteiger partial charge in [-0.1, -0.05) is 24.3 Å². The lowest BCUT2D eigenvalue weighted by Gasteiger charge is -2.34. The number of carbonyl (C=O) groups excluding carboxylic acids is 2. The van der Waals surface area contributed by atoms with Crippen LogP contribution >= 0.6 is 0 Å². The van der Waals surface area contributed by atoms with Gasteiger partial charge in [0.15, 0.2) is 0 Å². The van der Waals surface area contributed by atoms with Gasteiger partial charge < -0.3 is 20.7 Å². The summed E-state index contributed by atoms with van der Waals surface area (Å²) in [5.41, 5.74) is 7.94. The molecule has 1 aromatic carbocycles. The smallest absolute Gasteiger partial charge is 0.259 e. The number of nitrogens with two attached hydrogens (primary N) is 1. The van der Waals surface area contributed by atoms with Crippen LogP contribution in [0.1, 0.15) is 54.1 Å². The highest BCUT2D eigenvalue weighted by molar-refractivity contribution is 6.07. The Morgan fingerprint density at radius 3 is 2.56 bits per heavy atom. The fourth-order valence-electron chi connectivity index (χ4n) is 4.52. The number of aromatic nitrogens is 1. The Bertz CT molecular complexity index is 1010. The van der Waals surface area contributed by atoms with E-state index < -0.39 is 0 Å². The molecular formula is C25H30N4O3. The largest absolute Gasteiger partial charge is 0.495 e.